The molecule has 4 saturated carbocycles. The summed E-state index contributed by atoms with van der Waals surface area (Å²) in [7, 11) is 0. The highest BCUT2D eigenvalue weighted by molar-refractivity contribution is 5.38. The number of hydrogen-bond donors (Lipinski definition) is 0. The van der Waals surface area contributed by atoms with Gasteiger partial charge >= 0.3 is 0 Å². The molecule has 4 aliphatic carbocycles. The lowest BCUT2D eigenvalue weighted by atomic mass is 9.54. The number of benzene rings is 1. The van der Waals surface area contributed by atoms with Crippen molar-refractivity contribution in [3.05, 3.63) is 34.1 Å². The number of nitro groups is 1. The standard InChI is InChI=1S/C16H18FNO3/c17-14-6-13(18(19)20)1-2-15(14)21-16-7-10-3-11(8-16)5-12(4-10)9-16/h1-2,6,10-12H,3-5,7-9H2. The Morgan fingerprint density at radius 1 is 1.14 bits per heavy atom. The van der Waals surface area contributed by atoms with Gasteiger partial charge in [0, 0.05) is 6.07 Å². The molecule has 4 aliphatic rings. The minimum atomic E-state index is -0.625. The molecule has 0 radical (unpaired) electrons. The molecule has 0 atom stereocenters. The molecule has 1 aromatic rings. The van der Waals surface area contributed by atoms with Crippen molar-refractivity contribution in [2.45, 2.75) is 44.1 Å². The highest BCUT2D eigenvalue weighted by Crippen LogP contribution is 2.57. The van der Waals surface area contributed by atoms with E-state index in [2.05, 4.69) is 0 Å². The van der Waals surface area contributed by atoms with Gasteiger partial charge in [-0.3, -0.25) is 10.1 Å². The lowest BCUT2D eigenvalue weighted by Gasteiger charge is -2.56. The molecule has 4 bridgehead atoms. The fraction of sp³-hybridized carbons (Fsp3) is 0.625. The van der Waals surface area contributed by atoms with Gasteiger partial charge in [0.2, 0.25) is 0 Å². The Bertz CT molecular complexity index is 566. The van der Waals surface area contributed by atoms with Crippen LogP contribution in [0.3, 0.4) is 0 Å². The second-order valence-electron chi connectivity index (χ2n) is 7.07. The maximum Gasteiger partial charge on any atom is 0.272 e. The van der Waals surface area contributed by atoms with Crippen LogP contribution in [0.25, 0.3) is 0 Å². The van der Waals surface area contributed by atoms with Crippen LogP contribution >= 0.6 is 0 Å². The SMILES string of the molecule is O=[N+]([O-])c1ccc(OC23CC4CC(CC(C4)C2)C3)c(F)c1. The normalized spacial score (nSPS) is 36.7. The zero-order chi connectivity index (χ0) is 14.6. The molecule has 0 heterocycles. The molecule has 0 aliphatic heterocycles. The highest BCUT2D eigenvalue weighted by Gasteiger charge is 2.52. The first-order valence-electron chi connectivity index (χ1n) is 7.66. The van der Waals surface area contributed by atoms with Crippen molar-refractivity contribution < 1.29 is 14.1 Å². The predicted molar refractivity (Wildman–Crippen MR) is 74.6 cm³/mol. The van der Waals surface area contributed by atoms with Crippen LogP contribution in [0, 0.1) is 33.7 Å². The molecule has 0 spiro atoms. The molecule has 0 aromatic heterocycles. The topological polar surface area (TPSA) is 52.4 Å². The zero-order valence-electron chi connectivity index (χ0n) is 11.8. The molecule has 21 heavy (non-hydrogen) atoms. The Hall–Kier alpha value is -1.65. The number of hydrogen-bond acceptors (Lipinski definition) is 3. The average Bonchev–Trinajstić information content (AvgIpc) is 2.39. The van der Waals surface area contributed by atoms with E-state index in [9.17, 15) is 14.5 Å². The molecule has 1 aromatic carbocycles. The first kappa shape index (κ1) is 13.0. The number of halogens is 1. The number of nitrogens with zero attached hydrogens (tertiary/aromatic N) is 1. The molecule has 112 valence electrons. The van der Waals surface area contributed by atoms with Gasteiger partial charge < -0.3 is 4.74 Å². The Balaban J connectivity index is 1.60. The Morgan fingerprint density at radius 2 is 1.71 bits per heavy atom. The Morgan fingerprint density at radius 3 is 2.19 bits per heavy atom. The van der Waals surface area contributed by atoms with Gasteiger partial charge in [0.25, 0.3) is 5.69 Å². The van der Waals surface area contributed by atoms with Gasteiger partial charge in [0.05, 0.1) is 11.0 Å². The molecule has 4 nitrogen and oxygen atoms in total. The number of ether oxygens (including phenoxy) is 1. The first-order chi connectivity index (χ1) is 10.0. The van der Waals surface area contributed by atoms with E-state index in [-0.39, 0.29) is 17.0 Å². The van der Waals surface area contributed by atoms with Crippen LogP contribution in [-0.2, 0) is 0 Å². The molecule has 4 fully saturated rings. The Labute approximate surface area is 122 Å². The quantitative estimate of drug-likeness (QED) is 0.622. The second-order valence-corrected chi connectivity index (χ2v) is 7.07. The lowest BCUT2D eigenvalue weighted by Crippen LogP contribution is -2.53. The van der Waals surface area contributed by atoms with Crippen LogP contribution in [0.5, 0.6) is 5.75 Å². The largest absolute Gasteiger partial charge is 0.484 e. The molecular formula is C16H18FNO3. The first-order valence-corrected chi connectivity index (χ1v) is 7.66. The minimum Gasteiger partial charge on any atom is -0.484 e. The number of non-ortho nitro benzene ring substituents is 1. The molecule has 5 rings (SSSR count). The third kappa shape index (κ3) is 2.19. The maximum absolute atomic E-state index is 14.1. The van der Waals surface area contributed by atoms with Crippen LogP contribution < -0.4 is 4.74 Å². The van der Waals surface area contributed by atoms with E-state index in [1.165, 1.54) is 31.4 Å². The smallest absolute Gasteiger partial charge is 0.272 e. The third-order valence-electron chi connectivity index (χ3n) is 5.43. The molecule has 0 N–H and O–H groups in total. The van der Waals surface area contributed by atoms with Gasteiger partial charge in [-0.15, -0.1) is 0 Å². The predicted octanol–water partition coefficient (Wildman–Crippen LogP) is 4.08. The summed E-state index contributed by atoms with van der Waals surface area (Å²) in [4.78, 5) is 10.1. The lowest BCUT2D eigenvalue weighted by molar-refractivity contribution is -0.385. The fourth-order valence-electron chi connectivity index (χ4n) is 5.08. The Kier molecular flexibility index (Phi) is 2.75. The van der Waals surface area contributed by atoms with Crippen molar-refractivity contribution in [1.82, 2.24) is 0 Å². The van der Waals surface area contributed by atoms with Gasteiger partial charge in [-0.1, -0.05) is 0 Å². The highest BCUT2D eigenvalue weighted by atomic mass is 19.1. The van der Waals surface area contributed by atoms with Crippen LogP contribution in [0.2, 0.25) is 0 Å². The van der Waals surface area contributed by atoms with Crippen LogP contribution in [0.15, 0.2) is 18.2 Å². The van der Waals surface area contributed by atoms with Crippen LogP contribution in [0.4, 0.5) is 10.1 Å². The van der Waals surface area contributed by atoms with Gasteiger partial charge in [-0.25, -0.2) is 4.39 Å². The van der Waals surface area contributed by atoms with Gasteiger partial charge in [0.1, 0.15) is 5.60 Å². The van der Waals surface area contributed by atoms with E-state index in [1.54, 1.807) is 0 Å². The molecule has 0 unspecified atom stereocenters. The van der Waals surface area contributed by atoms with Gasteiger partial charge in [-0.2, -0.15) is 0 Å². The van der Waals surface area contributed by atoms with E-state index >= 15 is 0 Å². The van der Waals surface area contributed by atoms with Crippen molar-refractivity contribution in [2.24, 2.45) is 17.8 Å². The van der Waals surface area contributed by atoms with E-state index in [4.69, 9.17) is 4.74 Å². The summed E-state index contributed by atoms with van der Waals surface area (Å²) in [5.41, 5.74) is -0.462. The van der Waals surface area contributed by atoms with Crippen molar-refractivity contribution in [3.63, 3.8) is 0 Å². The third-order valence-corrected chi connectivity index (χ3v) is 5.43. The fourth-order valence-corrected chi connectivity index (χ4v) is 5.08. The molecular weight excluding hydrogens is 273 g/mol. The van der Waals surface area contributed by atoms with Gasteiger partial charge in [0.15, 0.2) is 11.6 Å². The summed E-state index contributed by atoms with van der Waals surface area (Å²) in [6.07, 6.45) is 6.92. The summed E-state index contributed by atoms with van der Waals surface area (Å²) in [5, 5.41) is 10.7. The maximum atomic E-state index is 14.1. The summed E-state index contributed by atoms with van der Waals surface area (Å²) < 4.78 is 20.1. The van der Waals surface area contributed by atoms with Gasteiger partial charge in [-0.05, 0) is 62.3 Å². The summed E-state index contributed by atoms with van der Waals surface area (Å²) in [6.45, 7) is 0. The summed E-state index contributed by atoms with van der Waals surface area (Å²) in [5.74, 6) is 1.70. The van der Waals surface area contributed by atoms with Crippen molar-refractivity contribution >= 4 is 5.69 Å². The number of rotatable bonds is 3. The van der Waals surface area contributed by atoms with Crippen LogP contribution in [0.1, 0.15) is 38.5 Å². The summed E-state index contributed by atoms with van der Waals surface area (Å²) >= 11 is 0. The molecule has 0 saturated heterocycles. The zero-order valence-corrected chi connectivity index (χ0v) is 11.8. The van der Waals surface area contributed by atoms with E-state index < -0.39 is 10.7 Å². The van der Waals surface area contributed by atoms with E-state index in [1.807, 2.05) is 0 Å². The van der Waals surface area contributed by atoms with E-state index in [0.717, 1.165) is 43.1 Å². The molecule has 0 amide bonds. The average molecular weight is 291 g/mol. The number of nitro benzene ring substituents is 1. The molecule has 5 heteroatoms. The van der Waals surface area contributed by atoms with E-state index in [0.29, 0.717) is 0 Å². The van der Waals surface area contributed by atoms with Crippen molar-refractivity contribution in [3.8, 4) is 5.75 Å². The summed E-state index contributed by atoms with van der Waals surface area (Å²) in [6, 6.07) is 3.68. The van der Waals surface area contributed by atoms with Crippen molar-refractivity contribution in [2.75, 3.05) is 0 Å². The van der Waals surface area contributed by atoms with Crippen molar-refractivity contribution in [1.29, 1.82) is 0 Å². The second kappa shape index (κ2) is 4.42. The monoisotopic (exact) mass is 291 g/mol. The minimum absolute atomic E-state index is 0.169. The van der Waals surface area contributed by atoms with Crippen LogP contribution in [-0.4, -0.2) is 10.5 Å².